The molecule has 0 saturated carbocycles. The Morgan fingerprint density at radius 1 is 1.21 bits per heavy atom. The van der Waals surface area contributed by atoms with E-state index in [9.17, 15) is 18.3 Å². The number of halogens is 1. The van der Waals surface area contributed by atoms with Gasteiger partial charge in [-0.1, -0.05) is 23.7 Å². The molecular formula is C16H18ClNO5S. The maximum absolute atomic E-state index is 12.9. The van der Waals surface area contributed by atoms with Gasteiger partial charge in [0, 0.05) is 18.1 Å². The molecule has 130 valence electrons. The molecule has 1 atom stereocenters. The predicted molar refractivity (Wildman–Crippen MR) is 90.0 cm³/mol. The van der Waals surface area contributed by atoms with Crippen molar-refractivity contribution in [2.45, 2.75) is 31.7 Å². The van der Waals surface area contributed by atoms with Crippen molar-refractivity contribution in [3.63, 3.8) is 0 Å². The van der Waals surface area contributed by atoms with Crippen LogP contribution in [0.4, 0.5) is 0 Å². The van der Waals surface area contributed by atoms with E-state index in [4.69, 9.17) is 16.0 Å². The number of aryl methyl sites for hydroxylation is 2. The predicted octanol–water partition coefficient (Wildman–Crippen LogP) is 3.63. The fourth-order valence-corrected chi connectivity index (χ4v) is 4.37. The Kier molecular flexibility index (Phi) is 5.08. The molecule has 0 spiro atoms. The molecule has 2 aromatic rings. The number of nitrogens with zero attached hydrogens (tertiary/aromatic N) is 1. The zero-order valence-corrected chi connectivity index (χ0v) is 15.3. The minimum absolute atomic E-state index is 0.0556. The molecule has 1 aromatic carbocycles. The van der Waals surface area contributed by atoms with E-state index in [0.29, 0.717) is 5.02 Å². The van der Waals surface area contributed by atoms with Crippen molar-refractivity contribution in [3.8, 4) is 0 Å². The van der Waals surface area contributed by atoms with Gasteiger partial charge in [-0.15, -0.1) is 0 Å². The van der Waals surface area contributed by atoms with Crippen LogP contribution in [0.25, 0.3) is 0 Å². The van der Waals surface area contributed by atoms with Crippen molar-refractivity contribution in [2.24, 2.45) is 0 Å². The standard InChI is InChI=1S/C16H18ClNO5S/c1-9(12-5-7-13(17)8-6-12)18(4)24(21,22)15-11(3)23-10(2)14(15)16(19)20/h5-9H,1-4H3,(H,19,20). The van der Waals surface area contributed by atoms with Crippen LogP contribution in [0.3, 0.4) is 0 Å². The highest BCUT2D eigenvalue weighted by Gasteiger charge is 2.35. The number of sulfonamides is 1. The molecule has 1 unspecified atom stereocenters. The SMILES string of the molecule is Cc1oc(C)c(S(=O)(=O)N(C)C(C)c2ccc(Cl)cc2)c1C(=O)O. The Hall–Kier alpha value is -1.83. The molecule has 1 N–H and O–H groups in total. The van der Waals surface area contributed by atoms with Crippen LogP contribution < -0.4 is 0 Å². The van der Waals surface area contributed by atoms with Crippen LogP contribution in [-0.2, 0) is 10.0 Å². The van der Waals surface area contributed by atoms with E-state index in [1.807, 2.05) is 0 Å². The quantitative estimate of drug-likeness (QED) is 0.867. The Morgan fingerprint density at radius 2 is 1.75 bits per heavy atom. The Labute approximate surface area is 145 Å². The average molecular weight is 372 g/mol. The summed E-state index contributed by atoms with van der Waals surface area (Å²) in [5, 5.41) is 9.88. The van der Waals surface area contributed by atoms with E-state index in [1.54, 1.807) is 31.2 Å². The van der Waals surface area contributed by atoms with Crippen LogP contribution in [-0.4, -0.2) is 30.8 Å². The highest BCUT2D eigenvalue weighted by molar-refractivity contribution is 7.89. The fraction of sp³-hybridized carbons (Fsp3) is 0.312. The highest BCUT2D eigenvalue weighted by Crippen LogP contribution is 2.32. The first-order valence-corrected chi connectivity index (χ1v) is 8.96. The number of rotatable bonds is 5. The second-order valence-corrected chi connectivity index (χ2v) is 7.84. The number of hydrogen-bond donors (Lipinski definition) is 1. The van der Waals surface area contributed by atoms with Crippen molar-refractivity contribution in [3.05, 3.63) is 51.9 Å². The van der Waals surface area contributed by atoms with E-state index in [-0.39, 0.29) is 22.0 Å². The minimum Gasteiger partial charge on any atom is -0.478 e. The molecule has 0 aliphatic heterocycles. The van der Waals surface area contributed by atoms with Gasteiger partial charge in [-0.2, -0.15) is 4.31 Å². The molecular weight excluding hydrogens is 354 g/mol. The molecule has 1 aromatic heterocycles. The summed E-state index contributed by atoms with van der Waals surface area (Å²) in [7, 11) is -2.65. The van der Waals surface area contributed by atoms with Crippen LogP contribution in [0.1, 0.15) is 40.4 Å². The average Bonchev–Trinajstić information content (AvgIpc) is 2.81. The summed E-state index contributed by atoms with van der Waals surface area (Å²) in [5.74, 6) is -1.22. The molecule has 1 heterocycles. The molecule has 0 aliphatic carbocycles. The highest BCUT2D eigenvalue weighted by atomic mass is 35.5. The second kappa shape index (κ2) is 6.58. The molecule has 0 aliphatic rings. The molecule has 0 fully saturated rings. The molecule has 0 radical (unpaired) electrons. The normalized spacial score (nSPS) is 13.2. The summed E-state index contributed by atoms with van der Waals surface area (Å²) in [6.45, 7) is 4.58. The van der Waals surface area contributed by atoms with E-state index in [0.717, 1.165) is 9.87 Å². The van der Waals surface area contributed by atoms with Crippen LogP contribution in [0.15, 0.2) is 33.6 Å². The Bertz CT molecular complexity index is 871. The number of hydrogen-bond acceptors (Lipinski definition) is 4. The molecule has 24 heavy (non-hydrogen) atoms. The zero-order valence-electron chi connectivity index (χ0n) is 13.7. The van der Waals surface area contributed by atoms with Crippen molar-refractivity contribution in [1.29, 1.82) is 0 Å². The van der Waals surface area contributed by atoms with Gasteiger partial charge in [0.05, 0.1) is 0 Å². The first kappa shape index (κ1) is 18.5. The van der Waals surface area contributed by atoms with Crippen molar-refractivity contribution in [2.75, 3.05) is 7.05 Å². The molecule has 6 nitrogen and oxygen atoms in total. The molecule has 0 bridgehead atoms. The van der Waals surface area contributed by atoms with Crippen molar-refractivity contribution >= 4 is 27.6 Å². The largest absolute Gasteiger partial charge is 0.478 e. The lowest BCUT2D eigenvalue weighted by atomic mass is 10.1. The van der Waals surface area contributed by atoms with Crippen LogP contribution in [0.2, 0.25) is 5.02 Å². The van der Waals surface area contributed by atoms with Gasteiger partial charge < -0.3 is 9.52 Å². The van der Waals surface area contributed by atoms with Crippen LogP contribution in [0.5, 0.6) is 0 Å². The lowest BCUT2D eigenvalue weighted by molar-refractivity contribution is 0.0691. The number of carbonyl (C=O) groups is 1. The third kappa shape index (κ3) is 3.19. The van der Waals surface area contributed by atoms with Gasteiger partial charge in [0.1, 0.15) is 22.0 Å². The second-order valence-electron chi connectivity index (χ2n) is 5.47. The zero-order chi connectivity index (χ0) is 18.2. The molecule has 2 rings (SSSR count). The summed E-state index contributed by atoms with van der Waals surface area (Å²) >= 11 is 5.85. The third-order valence-corrected chi connectivity index (χ3v) is 6.29. The molecule has 0 saturated heterocycles. The van der Waals surface area contributed by atoms with Gasteiger partial charge in [0.2, 0.25) is 10.0 Å². The lowest BCUT2D eigenvalue weighted by Gasteiger charge is -2.24. The summed E-state index contributed by atoms with van der Waals surface area (Å²) in [6.07, 6.45) is 0. The Morgan fingerprint density at radius 3 is 2.25 bits per heavy atom. The summed E-state index contributed by atoms with van der Waals surface area (Å²) in [5.41, 5.74) is 0.405. The topological polar surface area (TPSA) is 87.8 Å². The lowest BCUT2D eigenvalue weighted by Crippen LogP contribution is -2.31. The van der Waals surface area contributed by atoms with Gasteiger partial charge in [-0.3, -0.25) is 0 Å². The van der Waals surface area contributed by atoms with E-state index in [2.05, 4.69) is 0 Å². The number of furan rings is 1. The van der Waals surface area contributed by atoms with Crippen LogP contribution in [0, 0.1) is 13.8 Å². The van der Waals surface area contributed by atoms with E-state index in [1.165, 1.54) is 20.9 Å². The minimum atomic E-state index is -4.06. The number of carboxylic acid groups (broad SMARTS) is 1. The van der Waals surface area contributed by atoms with Gasteiger partial charge in [-0.05, 0) is 38.5 Å². The van der Waals surface area contributed by atoms with Crippen molar-refractivity contribution < 1.29 is 22.7 Å². The van der Waals surface area contributed by atoms with Gasteiger partial charge in [0.15, 0.2) is 0 Å². The van der Waals surface area contributed by atoms with E-state index < -0.39 is 22.0 Å². The smallest absolute Gasteiger partial charge is 0.340 e. The maximum Gasteiger partial charge on any atom is 0.340 e. The molecule has 0 amide bonds. The first-order chi connectivity index (χ1) is 11.1. The number of aromatic carboxylic acids is 1. The summed E-state index contributed by atoms with van der Waals surface area (Å²) < 4.78 is 32.3. The summed E-state index contributed by atoms with van der Waals surface area (Å²) in [4.78, 5) is 11.1. The third-order valence-electron chi connectivity index (χ3n) is 3.95. The first-order valence-electron chi connectivity index (χ1n) is 7.14. The number of carboxylic acids is 1. The number of benzene rings is 1. The maximum atomic E-state index is 12.9. The monoisotopic (exact) mass is 371 g/mol. The van der Waals surface area contributed by atoms with Gasteiger partial charge >= 0.3 is 5.97 Å². The molecule has 8 heteroatoms. The fourth-order valence-electron chi connectivity index (χ4n) is 2.52. The summed E-state index contributed by atoms with van der Waals surface area (Å²) in [6, 6.07) is 6.28. The van der Waals surface area contributed by atoms with Crippen molar-refractivity contribution in [1.82, 2.24) is 4.31 Å². The Balaban J connectivity index is 2.51. The van der Waals surface area contributed by atoms with Crippen LogP contribution >= 0.6 is 11.6 Å². The van der Waals surface area contributed by atoms with Gasteiger partial charge in [-0.25, -0.2) is 13.2 Å². The van der Waals surface area contributed by atoms with Gasteiger partial charge in [0.25, 0.3) is 0 Å². The van der Waals surface area contributed by atoms with E-state index >= 15 is 0 Å².